The molecule has 2 aliphatic rings. The van der Waals surface area contributed by atoms with E-state index in [1.165, 1.54) is 19.2 Å². The molecular formula is C24H31F3N4O4. The van der Waals surface area contributed by atoms with Crippen molar-refractivity contribution in [3.8, 4) is 6.07 Å². The van der Waals surface area contributed by atoms with Crippen LogP contribution in [0, 0.1) is 22.7 Å². The Kier molecular flexibility index (Phi) is 8.61. The van der Waals surface area contributed by atoms with Crippen LogP contribution in [0.2, 0.25) is 0 Å². The number of halogens is 3. The Labute approximate surface area is 202 Å². The van der Waals surface area contributed by atoms with Gasteiger partial charge in [0.2, 0.25) is 11.8 Å². The van der Waals surface area contributed by atoms with Gasteiger partial charge >= 0.3 is 6.18 Å². The van der Waals surface area contributed by atoms with Crippen LogP contribution < -0.4 is 10.2 Å². The van der Waals surface area contributed by atoms with E-state index in [-0.39, 0.29) is 18.2 Å². The molecule has 0 saturated carbocycles. The summed E-state index contributed by atoms with van der Waals surface area (Å²) in [5.41, 5.74) is -1.44. The highest BCUT2D eigenvalue weighted by Crippen LogP contribution is 2.46. The zero-order chi connectivity index (χ0) is 25.6. The summed E-state index contributed by atoms with van der Waals surface area (Å²) in [7, 11) is 3.07. The maximum atomic E-state index is 13.4. The van der Waals surface area contributed by atoms with Gasteiger partial charge in [0.1, 0.15) is 0 Å². The molecule has 1 aromatic rings. The number of carbonyl (C=O) groups excluding carboxylic acids is 2. The SMILES string of the molecule is COCCNC(=O)C1CN(C(=O)CCOC)CC12CCN(c1ccc(C#N)c(C(F)(F)F)c1)CC2. The zero-order valence-corrected chi connectivity index (χ0v) is 20.0. The summed E-state index contributed by atoms with van der Waals surface area (Å²) < 4.78 is 50.3. The first-order valence-electron chi connectivity index (χ1n) is 11.5. The molecule has 1 atom stereocenters. The van der Waals surface area contributed by atoms with E-state index >= 15 is 0 Å². The fourth-order valence-corrected chi connectivity index (χ4v) is 5.04. The number of methoxy groups -OCH3 is 2. The van der Waals surface area contributed by atoms with E-state index in [0.29, 0.717) is 64.5 Å². The van der Waals surface area contributed by atoms with Crippen LogP contribution in [0.5, 0.6) is 0 Å². The second kappa shape index (κ2) is 11.3. The first-order valence-corrected chi connectivity index (χ1v) is 11.5. The third-order valence-electron chi connectivity index (χ3n) is 7.00. The molecular weight excluding hydrogens is 465 g/mol. The summed E-state index contributed by atoms with van der Waals surface area (Å²) in [5, 5.41) is 11.9. The van der Waals surface area contributed by atoms with Gasteiger partial charge in [-0.3, -0.25) is 9.59 Å². The molecule has 1 unspecified atom stereocenters. The van der Waals surface area contributed by atoms with Crippen molar-refractivity contribution in [1.29, 1.82) is 5.26 Å². The molecule has 8 nitrogen and oxygen atoms in total. The maximum Gasteiger partial charge on any atom is 0.417 e. The van der Waals surface area contributed by atoms with Crippen LogP contribution in [0.1, 0.15) is 30.4 Å². The number of amides is 2. The van der Waals surface area contributed by atoms with Gasteiger partial charge in [-0.15, -0.1) is 0 Å². The minimum absolute atomic E-state index is 0.0808. The lowest BCUT2D eigenvalue weighted by atomic mass is 9.70. The van der Waals surface area contributed by atoms with Gasteiger partial charge in [-0.25, -0.2) is 0 Å². The Morgan fingerprint density at radius 2 is 1.89 bits per heavy atom. The molecule has 0 aromatic heterocycles. The van der Waals surface area contributed by atoms with Crippen LogP contribution in [0.3, 0.4) is 0 Å². The van der Waals surface area contributed by atoms with Crippen LogP contribution in [0.25, 0.3) is 0 Å². The molecule has 0 radical (unpaired) electrons. The number of nitrogens with one attached hydrogen (secondary N) is 1. The Balaban J connectivity index is 1.78. The molecule has 0 bridgehead atoms. The number of rotatable bonds is 8. The summed E-state index contributed by atoms with van der Waals surface area (Å²) >= 11 is 0. The molecule has 1 N–H and O–H groups in total. The smallest absolute Gasteiger partial charge is 0.384 e. The number of likely N-dealkylation sites (tertiary alicyclic amines) is 1. The van der Waals surface area contributed by atoms with Crippen LogP contribution in [0.15, 0.2) is 18.2 Å². The van der Waals surface area contributed by atoms with Gasteiger partial charge in [0.25, 0.3) is 0 Å². The third-order valence-corrected chi connectivity index (χ3v) is 7.00. The van der Waals surface area contributed by atoms with Crippen molar-refractivity contribution in [3.05, 3.63) is 29.3 Å². The number of anilines is 1. The number of alkyl halides is 3. The van der Waals surface area contributed by atoms with E-state index in [0.717, 1.165) is 6.07 Å². The normalized spacial score (nSPS) is 19.6. The van der Waals surface area contributed by atoms with Crippen LogP contribution in [-0.4, -0.2) is 76.9 Å². The summed E-state index contributed by atoms with van der Waals surface area (Å²) in [6.07, 6.45) is -3.31. The summed E-state index contributed by atoms with van der Waals surface area (Å²) in [4.78, 5) is 29.3. The Morgan fingerprint density at radius 1 is 1.20 bits per heavy atom. The standard InChI is InChI=1S/C24H31F3N4O4/c1-34-11-5-21(32)31-15-20(22(33)29-8-12-35-2)23(16-31)6-9-30(10-7-23)18-4-3-17(14-28)19(13-18)24(25,26)27/h3-4,13,20H,5-12,15-16H2,1-2H3,(H,29,33). The molecule has 192 valence electrons. The number of nitrogens with zero attached hydrogens (tertiary/aromatic N) is 3. The van der Waals surface area contributed by atoms with Gasteiger partial charge in [0.05, 0.1) is 42.7 Å². The molecule has 35 heavy (non-hydrogen) atoms. The largest absolute Gasteiger partial charge is 0.417 e. The van der Waals surface area contributed by atoms with Crippen LogP contribution in [0.4, 0.5) is 18.9 Å². The van der Waals surface area contributed by atoms with Gasteiger partial charge < -0.3 is 24.6 Å². The summed E-state index contributed by atoms with van der Waals surface area (Å²) in [6, 6.07) is 5.34. The van der Waals surface area contributed by atoms with Gasteiger partial charge in [-0.2, -0.15) is 18.4 Å². The monoisotopic (exact) mass is 496 g/mol. The first kappa shape index (κ1) is 26.8. The van der Waals surface area contributed by atoms with Gasteiger partial charge in [-0.05, 0) is 31.0 Å². The number of piperidine rings is 1. The van der Waals surface area contributed by atoms with E-state index in [2.05, 4.69) is 5.32 Å². The van der Waals surface area contributed by atoms with E-state index in [9.17, 15) is 22.8 Å². The lowest BCUT2D eigenvalue weighted by Crippen LogP contribution is -2.49. The molecule has 11 heteroatoms. The highest BCUT2D eigenvalue weighted by molar-refractivity contribution is 5.83. The number of ether oxygens (including phenoxy) is 2. The number of carbonyl (C=O) groups is 2. The second-order valence-corrected chi connectivity index (χ2v) is 9.04. The van der Waals surface area contributed by atoms with E-state index < -0.39 is 28.6 Å². The highest BCUT2D eigenvalue weighted by Gasteiger charge is 2.52. The Hall–Kier alpha value is -2.84. The lowest BCUT2D eigenvalue weighted by molar-refractivity contribution is -0.138. The quantitative estimate of drug-likeness (QED) is 0.556. The van der Waals surface area contributed by atoms with Crippen LogP contribution >= 0.6 is 0 Å². The minimum atomic E-state index is -4.63. The number of benzene rings is 1. The Morgan fingerprint density at radius 3 is 2.49 bits per heavy atom. The van der Waals surface area contributed by atoms with Gasteiger partial charge in [0, 0.05) is 58.0 Å². The molecule has 1 aromatic carbocycles. The summed E-state index contributed by atoms with van der Waals surface area (Å²) in [5.74, 6) is -0.641. The van der Waals surface area contributed by atoms with E-state index in [1.807, 2.05) is 4.90 Å². The van der Waals surface area contributed by atoms with Crippen molar-refractivity contribution < 1.29 is 32.2 Å². The van der Waals surface area contributed by atoms with Crippen molar-refractivity contribution >= 4 is 17.5 Å². The highest BCUT2D eigenvalue weighted by atomic mass is 19.4. The molecule has 0 aliphatic carbocycles. The number of nitriles is 1. The minimum Gasteiger partial charge on any atom is -0.384 e. The number of hydrogen-bond acceptors (Lipinski definition) is 6. The third kappa shape index (κ3) is 6.05. The van der Waals surface area contributed by atoms with Crippen molar-refractivity contribution in [2.24, 2.45) is 11.3 Å². The molecule has 1 spiro atoms. The predicted molar refractivity (Wildman–Crippen MR) is 121 cm³/mol. The zero-order valence-electron chi connectivity index (χ0n) is 20.0. The van der Waals surface area contributed by atoms with Gasteiger partial charge in [0.15, 0.2) is 0 Å². The van der Waals surface area contributed by atoms with Crippen molar-refractivity contribution in [2.45, 2.75) is 25.4 Å². The molecule has 2 heterocycles. The molecule has 2 saturated heterocycles. The predicted octanol–water partition coefficient (Wildman–Crippen LogP) is 2.42. The lowest BCUT2D eigenvalue weighted by Gasteiger charge is -2.43. The molecule has 2 aliphatic heterocycles. The van der Waals surface area contributed by atoms with Crippen molar-refractivity contribution in [2.75, 3.05) is 65.1 Å². The van der Waals surface area contributed by atoms with E-state index in [1.54, 1.807) is 18.1 Å². The van der Waals surface area contributed by atoms with Crippen molar-refractivity contribution in [1.82, 2.24) is 10.2 Å². The van der Waals surface area contributed by atoms with Crippen molar-refractivity contribution in [3.63, 3.8) is 0 Å². The Bertz CT molecular complexity index is 955. The molecule has 3 rings (SSSR count). The average molecular weight is 497 g/mol. The summed E-state index contributed by atoms with van der Waals surface area (Å²) in [6.45, 7) is 2.62. The topological polar surface area (TPSA) is 94.9 Å². The molecule has 2 amide bonds. The van der Waals surface area contributed by atoms with E-state index in [4.69, 9.17) is 14.7 Å². The average Bonchev–Trinajstić information content (AvgIpc) is 3.21. The fourth-order valence-electron chi connectivity index (χ4n) is 5.04. The number of hydrogen-bond donors (Lipinski definition) is 1. The van der Waals surface area contributed by atoms with Gasteiger partial charge in [-0.1, -0.05) is 0 Å². The second-order valence-electron chi connectivity index (χ2n) is 9.04. The van der Waals surface area contributed by atoms with Crippen LogP contribution in [-0.2, 0) is 25.2 Å². The fraction of sp³-hybridized carbons (Fsp3) is 0.625. The first-order chi connectivity index (χ1) is 16.6. The molecule has 2 fully saturated rings. The maximum absolute atomic E-state index is 13.4.